The molecule has 5 nitrogen and oxygen atoms in total. The maximum absolute atomic E-state index is 12.4. The highest BCUT2D eigenvalue weighted by Crippen LogP contribution is 2.33. The molecule has 124 valence electrons. The molecule has 5 heteroatoms. The summed E-state index contributed by atoms with van der Waals surface area (Å²) in [6.45, 7) is 0.370. The molecule has 0 spiro atoms. The van der Waals surface area contributed by atoms with Crippen LogP contribution in [0.4, 0.5) is 10.5 Å². The molecule has 0 unspecified atom stereocenters. The number of amides is 1. The first-order valence-corrected chi connectivity index (χ1v) is 8.43. The van der Waals surface area contributed by atoms with Gasteiger partial charge in [-0.1, -0.05) is 50.3 Å². The molecule has 1 atom stereocenters. The number of rotatable bonds is 4. The topological polar surface area (TPSA) is 66.8 Å². The lowest BCUT2D eigenvalue weighted by Crippen LogP contribution is -2.43. The van der Waals surface area contributed by atoms with Gasteiger partial charge >= 0.3 is 12.1 Å². The first-order chi connectivity index (χ1) is 11.2. The summed E-state index contributed by atoms with van der Waals surface area (Å²) in [6.07, 6.45) is 6.92. The van der Waals surface area contributed by atoms with Gasteiger partial charge in [0.25, 0.3) is 0 Å². The molecule has 1 aromatic carbocycles. The lowest BCUT2D eigenvalue weighted by Gasteiger charge is -2.24. The van der Waals surface area contributed by atoms with Gasteiger partial charge < -0.3 is 9.84 Å². The zero-order valence-corrected chi connectivity index (χ0v) is 13.2. The summed E-state index contributed by atoms with van der Waals surface area (Å²) >= 11 is 0. The molecule has 2 aliphatic rings. The molecule has 0 saturated heterocycles. The van der Waals surface area contributed by atoms with Crippen molar-refractivity contribution in [1.82, 2.24) is 0 Å². The van der Waals surface area contributed by atoms with Gasteiger partial charge in [-0.05, 0) is 24.0 Å². The quantitative estimate of drug-likeness (QED) is 0.921. The SMILES string of the molecule is O=C(O)[C@H]1Cc2ccccc2N1C(=O)OCCC1CCCCC1. The van der Waals surface area contributed by atoms with Gasteiger partial charge in [0.1, 0.15) is 6.04 Å². The number of anilines is 1. The summed E-state index contributed by atoms with van der Waals surface area (Å²) in [5.74, 6) is -0.358. The lowest BCUT2D eigenvalue weighted by atomic mass is 9.87. The average molecular weight is 317 g/mol. The standard InChI is InChI=1S/C18H23NO4/c20-17(21)16-12-14-8-4-5-9-15(14)19(16)18(22)23-11-10-13-6-2-1-3-7-13/h4-5,8-9,13,16H,1-3,6-7,10-12H2,(H,20,21)/t16-/m1/s1. The number of fused-ring (bicyclic) bond motifs is 1. The minimum atomic E-state index is -0.995. The van der Waals surface area contributed by atoms with E-state index >= 15 is 0 Å². The Morgan fingerprint density at radius 1 is 1.17 bits per heavy atom. The Morgan fingerprint density at radius 2 is 1.91 bits per heavy atom. The highest BCUT2D eigenvalue weighted by Gasteiger charge is 2.39. The number of aliphatic carboxylic acids is 1. The van der Waals surface area contributed by atoms with Crippen molar-refractivity contribution < 1.29 is 19.4 Å². The third kappa shape index (κ3) is 3.49. The van der Waals surface area contributed by atoms with Crippen LogP contribution in [0.1, 0.15) is 44.1 Å². The number of ether oxygens (including phenoxy) is 1. The molecule has 3 rings (SSSR count). The van der Waals surface area contributed by atoms with Gasteiger partial charge in [-0.3, -0.25) is 4.90 Å². The van der Waals surface area contributed by atoms with Crippen molar-refractivity contribution in [2.75, 3.05) is 11.5 Å². The van der Waals surface area contributed by atoms with Gasteiger partial charge in [0.2, 0.25) is 0 Å². The van der Waals surface area contributed by atoms with Crippen LogP contribution in [0.5, 0.6) is 0 Å². The Labute approximate surface area is 136 Å². The van der Waals surface area contributed by atoms with Crippen molar-refractivity contribution in [2.45, 2.75) is 51.0 Å². The summed E-state index contributed by atoms with van der Waals surface area (Å²) in [7, 11) is 0. The van der Waals surface area contributed by atoms with Crippen molar-refractivity contribution in [1.29, 1.82) is 0 Å². The molecule has 0 radical (unpaired) electrons. The van der Waals surface area contributed by atoms with E-state index in [9.17, 15) is 14.7 Å². The monoisotopic (exact) mass is 317 g/mol. The summed E-state index contributed by atoms with van der Waals surface area (Å²) in [6, 6.07) is 6.44. The van der Waals surface area contributed by atoms with Crippen molar-refractivity contribution in [2.24, 2.45) is 5.92 Å². The second-order valence-corrected chi connectivity index (χ2v) is 6.46. The Hall–Kier alpha value is -2.04. The number of para-hydroxylation sites is 1. The Kier molecular flexibility index (Phi) is 4.84. The molecular formula is C18H23NO4. The predicted molar refractivity (Wildman–Crippen MR) is 86.6 cm³/mol. The number of nitrogens with zero attached hydrogens (tertiary/aromatic N) is 1. The summed E-state index contributed by atoms with van der Waals surface area (Å²) in [5.41, 5.74) is 1.53. The molecule has 0 bridgehead atoms. The van der Waals surface area contributed by atoms with Crippen LogP contribution >= 0.6 is 0 Å². The number of benzene rings is 1. The van der Waals surface area contributed by atoms with Crippen LogP contribution in [0.25, 0.3) is 0 Å². The average Bonchev–Trinajstić information content (AvgIpc) is 2.95. The maximum Gasteiger partial charge on any atom is 0.415 e. The molecule has 1 fully saturated rings. The summed E-state index contributed by atoms with van der Waals surface area (Å²) < 4.78 is 5.39. The van der Waals surface area contributed by atoms with Crippen LogP contribution in [-0.2, 0) is 16.0 Å². The smallest absolute Gasteiger partial charge is 0.415 e. The molecule has 1 aliphatic heterocycles. The Bertz CT molecular complexity index is 580. The fourth-order valence-corrected chi connectivity index (χ4v) is 3.67. The van der Waals surface area contributed by atoms with Crippen molar-refractivity contribution in [3.05, 3.63) is 29.8 Å². The van der Waals surface area contributed by atoms with E-state index in [1.165, 1.54) is 37.0 Å². The first-order valence-electron chi connectivity index (χ1n) is 8.43. The van der Waals surface area contributed by atoms with E-state index in [0.29, 0.717) is 24.6 Å². The second-order valence-electron chi connectivity index (χ2n) is 6.46. The zero-order chi connectivity index (χ0) is 16.2. The number of carbonyl (C=O) groups excluding carboxylic acids is 1. The van der Waals surface area contributed by atoms with Crippen LogP contribution in [0.2, 0.25) is 0 Å². The fourth-order valence-electron chi connectivity index (χ4n) is 3.67. The number of carbonyl (C=O) groups is 2. The minimum absolute atomic E-state index is 0.337. The van der Waals surface area contributed by atoms with Crippen molar-refractivity contribution in [3.63, 3.8) is 0 Å². The van der Waals surface area contributed by atoms with Crippen LogP contribution in [0.3, 0.4) is 0 Å². The van der Waals surface area contributed by atoms with Crippen LogP contribution in [-0.4, -0.2) is 29.8 Å². The van der Waals surface area contributed by atoms with Gasteiger partial charge in [-0.2, -0.15) is 0 Å². The van der Waals surface area contributed by atoms with E-state index < -0.39 is 18.1 Å². The number of hydrogen-bond acceptors (Lipinski definition) is 3. The molecule has 1 amide bonds. The van der Waals surface area contributed by atoms with E-state index in [4.69, 9.17) is 4.74 Å². The predicted octanol–water partition coefficient (Wildman–Crippen LogP) is 3.61. The molecule has 23 heavy (non-hydrogen) atoms. The van der Waals surface area contributed by atoms with E-state index in [2.05, 4.69) is 0 Å². The van der Waals surface area contributed by atoms with Gasteiger partial charge in [0, 0.05) is 6.42 Å². The van der Waals surface area contributed by atoms with Crippen LogP contribution < -0.4 is 4.90 Å². The van der Waals surface area contributed by atoms with E-state index in [1.54, 1.807) is 6.07 Å². The molecule has 1 saturated carbocycles. The van der Waals surface area contributed by atoms with Crippen molar-refractivity contribution in [3.8, 4) is 0 Å². The van der Waals surface area contributed by atoms with Gasteiger partial charge in [0.15, 0.2) is 0 Å². The number of carboxylic acids is 1. The van der Waals surface area contributed by atoms with Crippen LogP contribution in [0, 0.1) is 5.92 Å². The minimum Gasteiger partial charge on any atom is -0.480 e. The third-order valence-electron chi connectivity index (χ3n) is 4.93. The Balaban J connectivity index is 1.61. The highest BCUT2D eigenvalue weighted by molar-refractivity contribution is 5.98. The van der Waals surface area contributed by atoms with E-state index in [-0.39, 0.29) is 0 Å². The van der Waals surface area contributed by atoms with E-state index in [0.717, 1.165) is 12.0 Å². The second kappa shape index (κ2) is 7.02. The fraction of sp³-hybridized carbons (Fsp3) is 0.556. The third-order valence-corrected chi connectivity index (χ3v) is 4.93. The number of carboxylic acid groups (broad SMARTS) is 1. The lowest BCUT2D eigenvalue weighted by molar-refractivity contribution is -0.138. The van der Waals surface area contributed by atoms with E-state index in [1.807, 2.05) is 18.2 Å². The molecule has 1 aliphatic carbocycles. The zero-order valence-electron chi connectivity index (χ0n) is 13.2. The molecule has 0 aromatic heterocycles. The Morgan fingerprint density at radius 3 is 2.65 bits per heavy atom. The van der Waals surface area contributed by atoms with Crippen LogP contribution in [0.15, 0.2) is 24.3 Å². The molecule has 1 N–H and O–H groups in total. The largest absolute Gasteiger partial charge is 0.480 e. The van der Waals surface area contributed by atoms with Gasteiger partial charge in [-0.15, -0.1) is 0 Å². The normalized spacial score (nSPS) is 21.0. The first kappa shape index (κ1) is 15.8. The highest BCUT2D eigenvalue weighted by atomic mass is 16.6. The summed E-state index contributed by atoms with van der Waals surface area (Å²) in [4.78, 5) is 25.2. The summed E-state index contributed by atoms with van der Waals surface area (Å²) in [5, 5.41) is 9.38. The molecule has 1 heterocycles. The molecular weight excluding hydrogens is 294 g/mol. The van der Waals surface area contributed by atoms with Gasteiger partial charge in [-0.25, -0.2) is 9.59 Å². The van der Waals surface area contributed by atoms with Crippen molar-refractivity contribution >= 4 is 17.7 Å². The number of hydrogen-bond donors (Lipinski definition) is 1. The maximum atomic E-state index is 12.4. The molecule has 1 aromatic rings. The van der Waals surface area contributed by atoms with Gasteiger partial charge in [0.05, 0.1) is 12.3 Å².